The number of carbonyl (C=O) groups excluding carboxylic acids is 2. The van der Waals surface area contributed by atoms with Gasteiger partial charge >= 0.3 is 11.9 Å². The number of ether oxygens (including phenoxy) is 1. The topological polar surface area (TPSA) is 83.9 Å². The molecule has 0 aromatic heterocycles. The molecule has 2 aromatic carbocycles. The van der Waals surface area contributed by atoms with Gasteiger partial charge in [0.15, 0.2) is 0 Å². The molecule has 2 rings (SSSR count). The first-order chi connectivity index (χ1) is 15.3. The van der Waals surface area contributed by atoms with Gasteiger partial charge in [0.2, 0.25) is 5.78 Å². The van der Waals surface area contributed by atoms with Gasteiger partial charge in [0.1, 0.15) is 28.8 Å². The summed E-state index contributed by atoms with van der Waals surface area (Å²) in [5.74, 6) is -6.57. The molecule has 0 unspecified atom stereocenters. The number of Topliss-reactive ketones (excluding diaryl/α,β-unsaturated/α-hetero) is 1. The van der Waals surface area contributed by atoms with Crippen LogP contribution in [0.3, 0.4) is 0 Å². The minimum atomic E-state index is -1.39. The van der Waals surface area contributed by atoms with Crippen LogP contribution in [-0.2, 0) is 9.53 Å². The summed E-state index contributed by atoms with van der Waals surface area (Å²) in [7, 11) is 3.22. The molecule has 0 amide bonds. The van der Waals surface area contributed by atoms with Crippen LogP contribution in [0.5, 0.6) is 0 Å². The number of benzene rings is 2. The average molecular weight is 469 g/mol. The number of halogens is 4. The number of hydrogen-bond donors (Lipinski definition) is 1. The maximum absolute atomic E-state index is 14.0. The summed E-state index contributed by atoms with van der Waals surface area (Å²) in [6.45, 7) is 4.10. The Morgan fingerprint density at radius 1 is 0.909 bits per heavy atom. The van der Waals surface area contributed by atoms with Crippen molar-refractivity contribution in [3.05, 3.63) is 81.6 Å². The van der Waals surface area contributed by atoms with Crippen LogP contribution < -0.4 is 0 Å². The third-order valence-electron chi connectivity index (χ3n) is 4.24. The van der Waals surface area contributed by atoms with Gasteiger partial charge < -0.3 is 14.7 Å². The lowest BCUT2D eigenvalue weighted by atomic mass is 10.0. The Morgan fingerprint density at radius 2 is 1.36 bits per heavy atom. The van der Waals surface area contributed by atoms with E-state index in [9.17, 15) is 31.9 Å². The van der Waals surface area contributed by atoms with Gasteiger partial charge in [0, 0.05) is 31.4 Å². The molecule has 1 N–H and O–H groups in total. The first-order valence-electron chi connectivity index (χ1n) is 9.55. The summed E-state index contributed by atoms with van der Waals surface area (Å²) in [6.07, 6.45) is 1.25. The van der Waals surface area contributed by atoms with E-state index in [1.165, 1.54) is 24.9 Å². The number of esters is 1. The molecule has 0 bridgehead atoms. The molecule has 0 saturated carbocycles. The maximum Gasteiger partial charge on any atom is 0.343 e. The molecule has 178 valence electrons. The van der Waals surface area contributed by atoms with Gasteiger partial charge in [-0.15, -0.1) is 0 Å². The standard InChI is InChI=1S/C15H17F2NO3.C8H6F2O2/c1-5-21-15(20)11(8-18(3)4)14(19)10-6-7-12(16)9(2)13(10)17;1-4-6(9)3-2-5(7(4)10)8(11)12/h6-8H,5H2,1-4H3;2-3H,1H3,(H,11,12). The summed E-state index contributed by atoms with van der Waals surface area (Å²) >= 11 is 0. The zero-order valence-electron chi connectivity index (χ0n) is 18.6. The first-order valence-corrected chi connectivity index (χ1v) is 9.55. The number of rotatable bonds is 6. The highest BCUT2D eigenvalue weighted by Gasteiger charge is 2.25. The van der Waals surface area contributed by atoms with Gasteiger partial charge in [-0.3, -0.25) is 4.79 Å². The highest BCUT2D eigenvalue weighted by atomic mass is 19.1. The van der Waals surface area contributed by atoms with Crippen molar-refractivity contribution < 1.29 is 41.8 Å². The van der Waals surface area contributed by atoms with E-state index in [0.717, 1.165) is 24.3 Å². The molecule has 0 aliphatic heterocycles. The van der Waals surface area contributed by atoms with Gasteiger partial charge in [0.05, 0.1) is 17.7 Å². The number of aromatic carboxylic acids is 1. The van der Waals surface area contributed by atoms with Crippen LogP contribution >= 0.6 is 0 Å². The molecular weight excluding hydrogens is 446 g/mol. The fourth-order valence-corrected chi connectivity index (χ4v) is 2.48. The Morgan fingerprint density at radius 3 is 1.79 bits per heavy atom. The van der Waals surface area contributed by atoms with E-state index < -0.39 is 46.6 Å². The Bertz CT molecular complexity index is 1100. The second-order valence-corrected chi connectivity index (χ2v) is 6.93. The van der Waals surface area contributed by atoms with E-state index in [0.29, 0.717) is 0 Å². The van der Waals surface area contributed by atoms with Crippen molar-refractivity contribution in [1.82, 2.24) is 4.90 Å². The van der Waals surface area contributed by atoms with E-state index in [-0.39, 0.29) is 28.9 Å². The van der Waals surface area contributed by atoms with Gasteiger partial charge in [-0.1, -0.05) is 0 Å². The molecule has 0 atom stereocenters. The minimum absolute atomic E-state index is 0.0851. The highest BCUT2D eigenvalue weighted by molar-refractivity contribution is 6.24. The number of hydrogen-bond acceptors (Lipinski definition) is 5. The van der Waals surface area contributed by atoms with Crippen LogP contribution in [0.1, 0.15) is 38.8 Å². The fraction of sp³-hybridized carbons (Fsp3) is 0.261. The van der Waals surface area contributed by atoms with Crippen molar-refractivity contribution in [2.45, 2.75) is 20.8 Å². The van der Waals surface area contributed by atoms with Crippen LogP contribution in [0.15, 0.2) is 36.0 Å². The fourth-order valence-electron chi connectivity index (χ4n) is 2.48. The van der Waals surface area contributed by atoms with Crippen LogP contribution in [0.25, 0.3) is 0 Å². The quantitative estimate of drug-likeness (QED) is 0.168. The predicted octanol–water partition coefficient (Wildman–Crippen LogP) is 4.44. The molecule has 0 spiro atoms. The van der Waals surface area contributed by atoms with Crippen molar-refractivity contribution >= 4 is 17.7 Å². The zero-order valence-corrected chi connectivity index (χ0v) is 18.6. The van der Waals surface area contributed by atoms with Crippen LogP contribution in [0.2, 0.25) is 0 Å². The molecule has 33 heavy (non-hydrogen) atoms. The molecule has 6 nitrogen and oxygen atoms in total. The number of carboxylic acids is 1. The number of ketones is 1. The summed E-state index contributed by atoms with van der Waals surface area (Å²) in [6, 6.07) is 3.84. The van der Waals surface area contributed by atoms with E-state index in [4.69, 9.17) is 9.84 Å². The van der Waals surface area contributed by atoms with Gasteiger partial charge in [0.25, 0.3) is 0 Å². The molecule has 0 aliphatic carbocycles. The molecule has 0 radical (unpaired) electrons. The van der Waals surface area contributed by atoms with E-state index >= 15 is 0 Å². The Hall–Kier alpha value is -3.69. The molecule has 0 aliphatic rings. The van der Waals surface area contributed by atoms with Crippen LogP contribution in [-0.4, -0.2) is 48.4 Å². The third kappa shape index (κ3) is 6.90. The largest absolute Gasteiger partial charge is 0.478 e. The lowest BCUT2D eigenvalue weighted by Crippen LogP contribution is -2.20. The van der Waals surface area contributed by atoms with Crippen LogP contribution in [0.4, 0.5) is 17.6 Å². The van der Waals surface area contributed by atoms with E-state index in [1.807, 2.05) is 0 Å². The van der Waals surface area contributed by atoms with E-state index in [2.05, 4.69) is 0 Å². The second kappa shape index (κ2) is 11.8. The smallest absolute Gasteiger partial charge is 0.343 e. The molecule has 0 fully saturated rings. The molecule has 10 heteroatoms. The molecule has 2 aromatic rings. The van der Waals surface area contributed by atoms with Crippen molar-refractivity contribution in [2.24, 2.45) is 0 Å². The lowest BCUT2D eigenvalue weighted by molar-refractivity contribution is -0.138. The highest BCUT2D eigenvalue weighted by Crippen LogP contribution is 2.20. The molecule has 0 heterocycles. The summed E-state index contributed by atoms with van der Waals surface area (Å²) in [4.78, 5) is 35.9. The monoisotopic (exact) mass is 469 g/mol. The first kappa shape index (κ1) is 27.3. The number of carboxylic acid groups (broad SMARTS) is 1. The normalized spacial score (nSPS) is 10.8. The minimum Gasteiger partial charge on any atom is -0.478 e. The van der Waals surface area contributed by atoms with E-state index in [1.54, 1.807) is 21.0 Å². The summed E-state index contributed by atoms with van der Waals surface area (Å²) < 4.78 is 57.5. The SMILES string of the molecule is CCOC(=O)C(=CN(C)C)C(=O)c1ccc(F)c(C)c1F.Cc1c(F)ccc(C(=O)O)c1F. The average Bonchev–Trinajstić information content (AvgIpc) is 2.74. The van der Waals surface area contributed by atoms with Gasteiger partial charge in [-0.05, 0) is 45.0 Å². The van der Waals surface area contributed by atoms with Crippen molar-refractivity contribution in [1.29, 1.82) is 0 Å². The van der Waals surface area contributed by atoms with Gasteiger partial charge in [-0.2, -0.15) is 0 Å². The Labute approximate surface area is 188 Å². The zero-order chi connectivity index (χ0) is 25.5. The van der Waals surface area contributed by atoms with Crippen LogP contribution in [0, 0.1) is 37.1 Å². The van der Waals surface area contributed by atoms with Crippen molar-refractivity contribution in [3.63, 3.8) is 0 Å². The summed E-state index contributed by atoms with van der Waals surface area (Å²) in [5.41, 5.74) is -1.72. The lowest BCUT2D eigenvalue weighted by Gasteiger charge is -2.12. The van der Waals surface area contributed by atoms with Crippen molar-refractivity contribution in [2.75, 3.05) is 20.7 Å². The summed E-state index contributed by atoms with van der Waals surface area (Å²) in [5, 5.41) is 8.42. The van der Waals surface area contributed by atoms with Crippen molar-refractivity contribution in [3.8, 4) is 0 Å². The maximum atomic E-state index is 14.0. The van der Waals surface area contributed by atoms with Gasteiger partial charge in [-0.25, -0.2) is 27.2 Å². The Kier molecular flexibility index (Phi) is 9.77. The molecular formula is C23H23F4NO5. The number of carbonyl (C=O) groups is 3. The third-order valence-corrected chi connectivity index (χ3v) is 4.24. The Balaban J connectivity index is 0.000000383. The second-order valence-electron chi connectivity index (χ2n) is 6.93. The molecule has 0 saturated heterocycles. The predicted molar refractivity (Wildman–Crippen MR) is 112 cm³/mol. The number of nitrogens with zero attached hydrogens (tertiary/aromatic N) is 1.